The first kappa shape index (κ1) is 17.9. The predicted octanol–water partition coefficient (Wildman–Crippen LogP) is 6.25. The van der Waals surface area contributed by atoms with Gasteiger partial charge in [-0.15, -0.1) is 11.3 Å². The second-order valence-electron chi connectivity index (χ2n) is 7.09. The van der Waals surface area contributed by atoms with Crippen molar-refractivity contribution >= 4 is 22.4 Å². The van der Waals surface area contributed by atoms with Crippen molar-refractivity contribution < 1.29 is 0 Å². The third kappa shape index (κ3) is 3.99. The topological polar surface area (TPSA) is 40.7 Å². The molecule has 142 valence electrons. The highest BCUT2D eigenvalue weighted by Gasteiger charge is 2.09. The van der Waals surface area contributed by atoms with Crippen LogP contribution >= 0.6 is 11.3 Å². The molecular weight excluding hydrogens is 374 g/mol. The zero-order valence-electron chi connectivity index (χ0n) is 15.9. The number of imidazole rings is 1. The standard InChI is InChI=1S/C25H21N3S/c1-2-7-18(8-3-1)15-26-16-19-9-6-10-20(13-19)21-14-24(29-17-21)25-27-22-11-4-5-12-23(22)28-25/h1-14,17,26H,15-16H2,(H,27,28). The van der Waals surface area contributed by atoms with Crippen LogP contribution in [0.1, 0.15) is 11.1 Å². The Morgan fingerprint density at radius 2 is 1.55 bits per heavy atom. The monoisotopic (exact) mass is 395 g/mol. The minimum Gasteiger partial charge on any atom is -0.337 e. The van der Waals surface area contributed by atoms with E-state index in [0.717, 1.165) is 34.8 Å². The van der Waals surface area contributed by atoms with E-state index in [0.29, 0.717) is 0 Å². The van der Waals surface area contributed by atoms with Gasteiger partial charge in [-0.2, -0.15) is 0 Å². The molecule has 0 amide bonds. The van der Waals surface area contributed by atoms with Gasteiger partial charge in [0.1, 0.15) is 5.82 Å². The number of hydrogen-bond donors (Lipinski definition) is 2. The summed E-state index contributed by atoms with van der Waals surface area (Å²) in [4.78, 5) is 9.30. The lowest BCUT2D eigenvalue weighted by molar-refractivity contribution is 0.693. The molecule has 3 nitrogen and oxygen atoms in total. The zero-order valence-corrected chi connectivity index (χ0v) is 16.7. The number of H-pyrrole nitrogens is 1. The van der Waals surface area contributed by atoms with Crippen molar-refractivity contribution in [2.24, 2.45) is 0 Å². The highest BCUT2D eigenvalue weighted by molar-refractivity contribution is 7.13. The summed E-state index contributed by atoms with van der Waals surface area (Å²) < 4.78 is 0. The minimum atomic E-state index is 0.850. The fourth-order valence-electron chi connectivity index (χ4n) is 3.49. The number of fused-ring (bicyclic) bond motifs is 1. The molecule has 2 heterocycles. The van der Waals surface area contributed by atoms with Gasteiger partial charge < -0.3 is 10.3 Å². The Morgan fingerprint density at radius 3 is 2.45 bits per heavy atom. The third-order valence-corrected chi connectivity index (χ3v) is 5.92. The van der Waals surface area contributed by atoms with Crippen LogP contribution in [-0.4, -0.2) is 9.97 Å². The predicted molar refractivity (Wildman–Crippen MR) is 122 cm³/mol. The molecule has 0 unspecified atom stereocenters. The summed E-state index contributed by atoms with van der Waals surface area (Å²) >= 11 is 1.72. The maximum atomic E-state index is 4.72. The van der Waals surface area contributed by atoms with Crippen molar-refractivity contribution in [1.82, 2.24) is 15.3 Å². The van der Waals surface area contributed by atoms with Crippen molar-refractivity contribution in [3.63, 3.8) is 0 Å². The second kappa shape index (κ2) is 8.03. The molecule has 5 aromatic rings. The Morgan fingerprint density at radius 1 is 0.759 bits per heavy atom. The Kier molecular flexibility index (Phi) is 4.95. The van der Waals surface area contributed by atoms with Crippen molar-refractivity contribution in [1.29, 1.82) is 0 Å². The molecule has 2 aromatic heterocycles. The number of nitrogens with one attached hydrogen (secondary N) is 2. The Hall–Kier alpha value is -3.21. The molecule has 0 aliphatic carbocycles. The van der Waals surface area contributed by atoms with Crippen LogP contribution in [0.4, 0.5) is 0 Å². The van der Waals surface area contributed by atoms with E-state index in [1.807, 2.05) is 24.3 Å². The Labute approximate surface area is 174 Å². The van der Waals surface area contributed by atoms with Gasteiger partial charge in [-0.3, -0.25) is 0 Å². The van der Waals surface area contributed by atoms with Gasteiger partial charge >= 0.3 is 0 Å². The smallest absolute Gasteiger partial charge is 0.148 e. The number of para-hydroxylation sites is 2. The first-order chi connectivity index (χ1) is 14.3. The summed E-state index contributed by atoms with van der Waals surface area (Å²) in [6, 6.07) is 29.6. The molecule has 0 saturated heterocycles. The molecule has 0 aliphatic rings. The van der Waals surface area contributed by atoms with Gasteiger partial charge in [0.15, 0.2) is 0 Å². The fraction of sp³-hybridized carbons (Fsp3) is 0.0800. The summed E-state index contributed by atoms with van der Waals surface area (Å²) in [5.74, 6) is 0.933. The second-order valence-corrected chi connectivity index (χ2v) is 8.00. The van der Waals surface area contributed by atoms with E-state index in [1.165, 1.54) is 22.3 Å². The van der Waals surface area contributed by atoms with E-state index < -0.39 is 0 Å². The number of aromatic nitrogens is 2. The summed E-state index contributed by atoms with van der Waals surface area (Å²) in [6.07, 6.45) is 0. The maximum Gasteiger partial charge on any atom is 0.148 e. The van der Waals surface area contributed by atoms with Crippen LogP contribution in [0.25, 0.3) is 32.9 Å². The molecule has 0 bridgehead atoms. The minimum absolute atomic E-state index is 0.850. The summed E-state index contributed by atoms with van der Waals surface area (Å²) in [5.41, 5.74) is 7.14. The first-order valence-electron chi connectivity index (χ1n) is 9.73. The highest BCUT2D eigenvalue weighted by atomic mass is 32.1. The van der Waals surface area contributed by atoms with Gasteiger partial charge in [-0.05, 0) is 51.9 Å². The van der Waals surface area contributed by atoms with Crippen molar-refractivity contribution in [2.75, 3.05) is 0 Å². The number of hydrogen-bond acceptors (Lipinski definition) is 3. The number of benzene rings is 3. The molecule has 0 saturated carbocycles. The first-order valence-corrected chi connectivity index (χ1v) is 10.6. The van der Waals surface area contributed by atoms with E-state index in [9.17, 15) is 0 Å². The lowest BCUT2D eigenvalue weighted by Gasteiger charge is -2.07. The van der Waals surface area contributed by atoms with Crippen molar-refractivity contribution in [3.8, 4) is 21.8 Å². The number of nitrogens with zero attached hydrogens (tertiary/aromatic N) is 1. The van der Waals surface area contributed by atoms with Crippen LogP contribution < -0.4 is 5.32 Å². The molecule has 0 aliphatic heterocycles. The number of thiophene rings is 1. The molecule has 29 heavy (non-hydrogen) atoms. The van der Waals surface area contributed by atoms with Crippen LogP contribution in [0.15, 0.2) is 90.3 Å². The Bertz CT molecular complexity index is 1200. The van der Waals surface area contributed by atoms with Crippen molar-refractivity contribution in [2.45, 2.75) is 13.1 Å². The molecule has 4 heteroatoms. The molecule has 5 rings (SSSR count). The van der Waals surface area contributed by atoms with E-state index in [4.69, 9.17) is 4.98 Å². The molecule has 0 atom stereocenters. The average molecular weight is 396 g/mol. The van der Waals surface area contributed by atoms with Gasteiger partial charge in [0.25, 0.3) is 0 Å². The number of aromatic amines is 1. The molecular formula is C25H21N3S. The van der Waals surface area contributed by atoms with Crippen LogP contribution in [0.5, 0.6) is 0 Å². The summed E-state index contributed by atoms with van der Waals surface area (Å²) in [7, 11) is 0. The molecule has 3 aromatic carbocycles. The van der Waals surface area contributed by atoms with Gasteiger partial charge in [0, 0.05) is 13.1 Å². The fourth-order valence-corrected chi connectivity index (χ4v) is 4.35. The lowest BCUT2D eigenvalue weighted by atomic mass is 10.1. The van der Waals surface area contributed by atoms with Gasteiger partial charge in [0.05, 0.1) is 15.9 Å². The largest absolute Gasteiger partial charge is 0.337 e. The van der Waals surface area contributed by atoms with Gasteiger partial charge in [-0.25, -0.2) is 4.98 Å². The SMILES string of the molecule is c1ccc(CNCc2cccc(-c3csc(-c4nc5ccccc5[nH]4)c3)c2)cc1. The molecule has 2 N–H and O–H groups in total. The molecule has 0 fully saturated rings. The normalized spacial score (nSPS) is 11.2. The third-order valence-electron chi connectivity index (χ3n) is 4.98. The van der Waals surface area contributed by atoms with E-state index in [2.05, 4.69) is 76.3 Å². The van der Waals surface area contributed by atoms with Gasteiger partial charge in [0.2, 0.25) is 0 Å². The Balaban J connectivity index is 1.32. The lowest BCUT2D eigenvalue weighted by Crippen LogP contribution is -2.12. The molecule has 0 radical (unpaired) electrons. The van der Waals surface area contributed by atoms with E-state index in [-0.39, 0.29) is 0 Å². The van der Waals surface area contributed by atoms with E-state index >= 15 is 0 Å². The average Bonchev–Trinajstić information content (AvgIpc) is 3.42. The van der Waals surface area contributed by atoms with Crippen LogP contribution in [0.2, 0.25) is 0 Å². The summed E-state index contributed by atoms with van der Waals surface area (Å²) in [6.45, 7) is 1.73. The highest BCUT2D eigenvalue weighted by Crippen LogP contribution is 2.32. The number of rotatable bonds is 6. The van der Waals surface area contributed by atoms with Crippen LogP contribution in [0, 0.1) is 0 Å². The van der Waals surface area contributed by atoms with Crippen molar-refractivity contribution in [3.05, 3.63) is 101 Å². The van der Waals surface area contributed by atoms with E-state index in [1.54, 1.807) is 11.3 Å². The van der Waals surface area contributed by atoms with Gasteiger partial charge in [-0.1, -0.05) is 60.7 Å². The van der Waals surface area contributed by atoms with Crippen LogP contribution in [-0.2, 0) is 13.1 Å². The zero-order chi connectivity index (χ0) is 19.5. The summed E-state index contributed by atoms with van der Waals surface area (Å²) in [5, 5.41) is 5.74. The maximum absolute atomic E-state index is 4.72. The quantitative estimate of drug-likeness (QED) is 0.357. The van der Waals surface area contributed by atoms with Crippen LogP contribution in [0.3, 0.4) is 0 Å². The molecule has 0 spiro atoms.